The summed E-state index contributed by atoms with van der Waals surface area (Å²) in [5.41, 5.74) is 5.66. The Balaban J connectivity index is 1.58. The number of hydrogen-bond acceptors (Lipinski definition) is 4. The van der Waals surface area contributed by atoms with E-state index in [1.54, 1.807) is 35.3 Å². The van der Waals surface area contributed by atoms with E-state index in [0.717, 1.165) is 16.6 Å². The first-order valence-corrected chi connectivity index (χ1v) is 7.31. The van der Waals surface area contributed by atoms with E-state index in [4.69, 9.17) is 0 Å². The Morgan fingerprint density at radius 2 is 1.88 bits per heavy atom. The number of esters is 1. The van der Waals surface area contributed by atoms with Gasteiger partial charge in [-0.05, 0) is 29.8 Å². The molecule has 2 amide bonds. The Morgan fingerprint density at radius 1 is 1.12 bits per heavy atom. The van der Waals surface area contributed by atoms with E-state index in [2.05, 4.69) is 20.5 Å². The highest BCUT2D eigenvalue weighted by molar-refractivity contribution is 5.89. The average Bonchev–Trinajstić information content (AvgIpc) is 3.03. The Hall–Kier alpha value is -3.35. The molecule has 3 aromatic rings. The van der Waals surface area contributed by atoms with Gasteiger partial charge in [0.1, 0.15) is 6.33 Å². The second kappa shape index (κ2) is 6.82. The summed E-state index contributed by atoms with van der Waals surface area (Å²) in [5, 5.41) is 2.75. The quantitative estimate of drug-likeness (QED) is 0.721. The average molecular weight is 324 g/mol. The van der Waals surface area contributed by atoms with Crippen molar-refractivity contribution in [2.45, 2.75) is 6.54 Å². The molecule has 0 fully saturated rings. The van der Waals surface area contributed by atoms with Crippen LogP contribution < -0.4 is 10.7 Å². The molecule has 0 atom stereocenters. The zero-order valence-corrected chi connectivity index (χ0v) is 13.0. The lowest BCUT2D eigenvalue weighted by atomic mass is 10.1. The molecule has 2 N–H and O–H groups in total. The fraction of sp³-hybridized carbons (Fsp3) is 0.118. The smallest absolute Gasteiger partial charge is 0.337 e. The zero-order chi connectivity index (χ0) is 16.9. The minimum Gasteiger partial charge on any atom is -0.465 e. The molecular weight excluding hydrogens is 308 g/mol. The van der Waals surface area contributed by atoms with Crippen LogP contribution in [0.3, 0.4) is 0 Å². The van der Waals surface area contributed by atoms with Crippen molar-refractivity contribution in [3.05, 3.63) is 66.0 Å². The zero-order valence-electron chi connectivity index (χ0n) is 13.0. The van der Waals surface area contributed by atoms with Crippen molar-refractivity contribution >= 4 is 23.0 Å². The van der Waals surface area contributed by atoms with Gasteiger partial charge in [-0.3, -0.25) is 0 Å². The van der Waals surface area contributed by atoms with Crippen LogP contribution in [0.1, 0.15) is 15.9 Å². The molecule has 24 heavy (non-hydrogen) atoms. The Morgan fingerprint density at radius 3 is 2.62 bits per heavy atom. The largest absolute Gasteiger partial charge is 0.465 e. The number of para-hydroxylation sites is 2. The number of aromatic nitrogens is 2. The van der Waals surface area contributed by atoms with Gasteiger partial charge in [0.25, 0.3) is 0 Å². The fourth-order valence-electron chi connectivity index (χ4n) is 2.26. The second-order valence-electron chi connectivity index (χ2n) is 5.09. The van der Waals surface area contributed by atoms with Crippen molar-refractivity contribution in [1.29, 1.82) is 0 Å². The monoisotopic (exact) mass is 324 g/mol. The third-order valence-corrected chi connectivity index (χ3v) is 3.50. The summed E-state index contributed by atoms with van der Waals surface area (Å²) in [6.07, 6.45) is 1.55. The van der Waals surface area contributed by atoms with Crippen LogP contribution in [-0.4, -0.2) is 28.8 Å². The predicted octanol–water partition coefficient (Wildman–Crippen LogP) is 2.28. The number of benzene rings is 2. The summed E-state index contributed by atoms with van der Waals surface area (Å²) in [7, 11) is 1.34. The van der Waals surface area contributed by atoms with Crippen LogP contribution in [0.25, 0.3) is 11.0 Å². The molecule has 0 bridgehead atoms. The van der Waals surface area contributed by atoms with Crippen molar-refractivity contribution in [2.24, 2.45) is 0 Å². The number of ether oxygens (including phenoxy) is 1. The van der Waals surface area contributed by atoms with Crippen molar-refractivity contribution in [3.8, 4) is 0 Å². The highest BCUT2D eigenvalue weighted by Gasteiger charge is 2.07. The number of methoxy groups -OCH3 is 1. The van der Waals surface area contributed by atoms with Crippen molar-refractivity contribution in [2.75, 3.05) is 12.5 Å². The van der Waals surface area contributed by atoms with Crippen LogP contribution in [0.5, 0.6) is 0 Å². The summed E-state index contributed by atoms with van der Waals surface area (Å²) in [6, 6.07) is 14.0. The highest BCUT2D eigenvalue weighted by Crippen LogP contribution is 2.10. The molecule has 1 heterocycles. The Kier molecular flexibility index (Phi) is 4.42. The molecule has 7 heteroatoms. The van der Waals surface area contributed by atoms with Crippen molar-refractivity contribution < 1.29 is 14.3 Å². The third kappa shape index (κ3) is 3.35. The molecule has 2 aromatic carbocycles. The van der Waals surface area contributed by atoms with Gasteiger partial charge in [0, 0.05) is 6.54 Å². The van der Waals surface area contributed by atoms with Crippen LogP contribution in [0.2, 0.25) is 0 Å². The van der Waals surface area contributed by atoms with Crippen LogP contribution in [0, 0.1) is 0 Å². The topological polar surface area (TPSA) is 85.2 Å². The summed E-state index contributed by atoms with van der Waals surface area (Å²) in [6.45, 7) is 0.333. The molecule has 0 aliphatic heterocycles. The fourth-order valence-corrected chi connectivity index (χ4v) is 2.26. The second-order valence-corrected chi connectivity index (χ2v) is 5.09. The number of amides is 2. The van der Waals surface area contributed by atoms with E-state index in [9.17, 15) is 9.59 Å². The number of hydrogen-bond donors (Lipinski definition) is 2. The van der Waals surface area contributed by atoms with Crippen LogP contribution in [0.15, 0.2) is 54.9 Å². The van der Waals surface area contributed by atoms with Gasteiger partial charge in [-0.25, -0.2) is 24.7 Å². The van der Waals surface area contributed by atoms with E-state index in [0.29, 0.717) is 12.1 Å². The number of fused-ring (bicyclic) bond motifs is 1. The van der Waals surface area contributed by atoms with E-state index in [1.807, 2.05) is 24.3 Å². The SMILES string of the molecule is COC(=O)c1ccc(CNC(=O)Nn2cnc3ccccc32)cc1. The van der Waals surface area contributed by atoms with Gasteiger partial charge >= 0.3 is 12.0 Å². The molecule has 1 aromatic heterocycles. The van der Waals surface area contributed by atoms with Gasteiger partial charge in [0.15, 0.2) is 0 Å². The third-order valence-electron chi connectivity index (χ3n) is 3.50. The minimum atomic E-state index is -0.390. The summed E-state index contributed by atoms with van der Waals surface area (Å²) in [5.74, 6) is -0.390. The van der Waals surface area contributed by atoms with Crippen LogP contribution in [-0.2, 0) is 11.3 Å². The van der Waals surface area contributed by atoms with Crippen LogP contribution >= 0.6 is 0 Å². The highest BCUT2D eigenvalue weighted by atomic mass is 16.5. The van der Waals surface area contributed by atoms with Gasteiger partial charge in [-0.15, -0.1) is 0 Å². The standard InChI is InChI=1S/C17H16N4O3/c1-24-16(22)13-8-6-12(7-9-13)10-18-17(23)20-21-11-19-14-4-2-3-5-15(14)21/h2-9,11H,10H2,1H3,(H2,18,20,23). The van der Waals surface area contributed by atoms with Gasteiger partial charge < -0.3 is 10.1 Å². The number of imidazole rings is 1. The maximum absolute atomic E-state index is 12.0. The van der Waals surface area contributed by atoms with Crippen molar-refractivity contribution in [1.82, 2.24) is 15.0 Å². The number of carbonyl (C=O) groups excluding carboxylic acids is 2. The first kappa shape index (κ1) is 15.5. The summed E-state index contributed by atoms with van der Waals surface area (Å²) >= 11 is 0. The molecule has 0 aliphatic rings. The first-order chi connectivity index (χ1) is 11.7. The molecule has 0 unspecified atom stereocenters. The molecule has 0 radical (unpaired) electrons. The Bertz CT molecular complexity index is 871. The van der Waals surface area contributed by atoms with E-state index < -0.39 is 0 Å². The minimum absolute atomic E-state index is 0.333. The van der Waals surface area contributed by atoms with Crippen LogP contribution in [0.4, 0.5) is 4.79 Å². The van der Waals surface area contributed by atoms with E-state index in [-0.39, 0.29) is 12.0 Å². The molecular formula is C17H16N4O3. The lowest BCUT2D eigenvalue weighted by Crippen LogP contribution is -2.33. The number of carbonyl (C=O) groups is 2. The number of rotatable bonds is 4. The van der Waals surface area contributed by atoms with Crippen molar-refractivity contribution in [3.63, 3.8) is 0 Å². The lowest BCUT2D eigenvalue weighted by Gasteiger charge is -2.09. The summed E-state index contributed by atoms with van der Waals surface area (Å²) in [4.78, 5) is 27.6. The molecule has 3 rings (SSSR count). The number of nitrogens with zero attached hydrogens (tertiary/aromatic N) is 2. The molecule has 122 valence electrons. The lowest BCUT2D eigenvalue weighted by molar-refractivity contribution is 0.0600. The van der Waals surface area contributed by atoms with E-state index in [1.165, 1.54) is 7.11 Å². The molecule has 0 saturated heterocycles. The predicted molar refractivity (Wildman–Crippen MR) is 89.1 cm³/mol. The molecule has 0 saturated carbocycles. The van der Waals surface area contributed by atoms with E-state index >= 15 is 0 Å². The molecule has 0 spiro atoms. The van der Waals surface area contributed by atoms with Gasteiger partial charge in [-0.2, -0.15) is 0 Å². The molecule has 7 nitrogen and oxygen atoms in total. The first-order valence-electron chi connectivity index (χ1n) is 7.31. The Labute approximate surface area is 138 Å². The van der Waals surface area contributed by atoms with Gasteiger partial charge in [0.05, 0.1) is 23.7 Å². The van der Waals surface area contributed by atoms with Gasteiger partial charge in [0.2, 0.25) is 0 Å². The maximum Gasteiger partial charge on any atom is 0.337 e. The summed E-state index contributed by atoms with van der Waals surface area (Å²) < 4.78 is 6.20. The maximum atomic E-state index is 12.0. The normalized spacial score (nSPS) is 10.4. The molecule has 0 aliphatic carbocycles. The number of nitrogens with one attached hydrogen (secondary N) is 2. The van der Waals surface area contributed by atoms with Gasteiger partial charge in [-0.1, -0.05) is 24.3 Å². The number of urea groups is 1.